The second-order valence-corrected chi connectivity index (χ2v) is 2.80. The van der Waals surface area contributed by atoms with Crippen molar-refractivity contribution in [1.82, 2.24) is 15.4 Å². The summed E-state index contributed by atoms with van der Waals surface area (Å²) in [7, 11) is 0. The zero-order valence-electron chi connectivity index (χ0n) is 6.75. The van der Waals surface area contributed by atoms with Crippen molar-refractivity contribution in [2.45, 2.75) is 6.67 Å². The van der Waals surface area contributed by atoms with Crippen molar-refractivity contribution in [3.05, 3.63) is 24.3 Å². The summed E-state index contributed by atoms with van der Waals surface area (Å²) in [6.45, 7) is 0.739. The molecule has 0 atom stereocenters. The van der Waals surface area contributed by atoms with Crippen LogP contribution >= 0.6 is 0 Å². The standard InChI is InChI=1S/C7H6N6/c1-2-12-5-13-7(6(12)3-8-1)11-9-4-10-13/h1-4H,5H2/p+1. The van der Waals surface area contributed by atoms with Crippen LogP contribution in [0.4, 0.5) is 0 Å². The van der Waals surface area contributed by atoms with Crippen LogP contribution in [0.15, 0.2) is 28.8 Å². The summed E-state index contributed by atoms with van der Waals surface area (Å²) in [6, 6.07) is 0. The Labute approximate surface area is 74.2 Å². The fourth-order valence-corrected chi connectivity index (χ4v) is 1.44. The number of rotatable bonds is 0. The van der Waals surface area contributed by atoms with Crippen molar-refractivity contribution >= 4 is 12.2 Å². The van der Waals surface area contributed by atoms with Gasteiger partial charge in [-0.15, -0.1) is 10.2 Å². The highest BCUT2D eigenvalue weighted by Gasteiger charge is 2.34. The van der Waals surface area contributed by atoms with E-state index in [1.54, 1.807) is 18.7 Å². The maximum absolute atomic E-state index is 4.04. The van der Waals surface area contributed by atoms with Gasteiger partial charge in [-0.05, 0) is 0 Å². The number of amidine groups is 1. The largest absolute Gasteiger partial charge is 0.279 e. The van der Waals surface area contributed by atoms with Crippen molar-refractivity contribution in [2.75, 3.05) is 0 Å². The molecule has 1 aromatic heterocycles. The van der Waals surface area contributed by atoms with Gasteiger partial charge >= 0.3 is 0 Å². The summed E-state index contributed by atoms with van der Waals surface area (Å²) in [4.78, 5) is 4.04. The van der Waals surface area contributed by atoms with Gasteiger partial charge < -0.3 is 0 Å². The zero-order valence-corrected chi connectivity index (χ0v) is 6.75. The van der Waals surface area contributed by atoms with Crippen LogP contribution in [0.5, 0.6) is 0 Å². The minimum absolute atomic E-state index is 0.739. The van der Waals surface area contributed by atoms with Gasteiger partial charge in [-0.3, -0.25) is 10.4 Å². The summed E-state index contributed by atoms with van der Waals surface area (Å²) in [5, 5.41) is 9.72. The molecule has 6 heteroatoms. The Morgan fingerprint density at radius 2 is 2.54 bits per heavy atom. The number of nitrogens with one attached hydrogen (secondary N) is 1. The lowest BCUT2D eigenvalue weighted by Gasteiger charge is -2.13. The van der Waals surface area contributed by atoms with Crippen molar-refractivity contribution in [2.24, 2.45) is 10.2 Å². The molecule has 0 aliphatic carbocycles. The number of hydrogen-bond donors (Lipinski definition) is 1. The summed E-state index contributed by atoms with van der Waals surface area (Å²) in [5.74, 6) is 0.815. The first-order valence-corrected chi connectivity index (χ1v) is 3.92. The third kappa shape index (κ3) is 0.821. The molecule has 0 unspecified atom stereocenters. The average Bonchev–Trinajstić information content (AvgIpc) is 2.56. The molecule has 64 valence electrons. The molecule has 0 saturated heterocycles. The molecule has 3 rings (SSSR count). The molecule has 0 radical (unpaired) electrons. The SMILES string of the molecule is C1=NN=C2c3cncc[n+]3CN2N1. The van der Waals surface area contributed by atoms with E-state index < -0.39 is 0 Å². The monoisotopic (exact) mass is 175 g/mol. The van der Waals surface area contributed by atoms with Gasteiger partial charge in [-0.1, -0.05) is 0 Å². The molecular formula is C7H7N6+. The normalized spacial score (nSPS) is 17.5. The Balaban J connectivity index is 2.18. The van der Waals surface area contributed by atoms with E-state index in [4.69, 9.17) is 0 Å². The van der Waals surface area contributed by atoms with Crippen LogP contribution in [-0.2, 0) is 6.67 Å². The van der Waals surface area contributed by atoms with Gasteiger partial charge in [0, 0.05) is 0 Å². The molecule has 0 aromatic carbocycles. The van der Waals surface area contributed by atoms with E-state index in [0.29, 0.717) is 0 Å². The first kappa shape index (κ1) is 6.53. The molecule has 1 aromatic rings. The van der Waals surface area contributed by atoms with Crippen LogP contribution in [0.1, 0.15) is 5.69 Å². The van der Waals surface area contributed by atoms with E-state index in [-0.39, 0.29) is 0 Å². The van der Waals surface area contributed by atoms with Crippen LogP contribution in [0.3, 0.4) is 0 Å². The highest BCUT2D eigenvalue weighted by molar-refractivity contribution is 5.97. The predicted octanol–water partition coefficient (Wildman–Crippen LogP) is -1.15. The Hall–Kier alpha value is -1.98. The van der Waals surface area contributed by atoms with E-state index in [0.717, 1.165) is 18.2 Å². The average molecular weight is 175 g/mol. The van der Waals surface area contributed by atoms with Crippen molar-refractivity contribution in [3.8, 4) is 0 Å². The maximum Gasteiger partial charge on any atom is 0.272 e. The highest BCUT2D eigenvalue weighted by Crippen LogP contribution is 2.07. The maximum atomic E-state index is 4.04. The Morgan fingerprint density at radius 3 is 3.54 bits per heavy atom. The van der Waals surface area contributed by atoms with Gasteiger partial charge in [0.2, 0.25) is 12.5 Å². The van der Waals surface area contributed by atoms with E-state index in [1.807, 2.05) is 15.8 Å². The molecule has 0 fully saturated rings. The topological polar surface area (TPSA) is 56.8 Å². The molecule has 2 aliphatic heterocycles. The van der Waals surface area contributed by atoms with Crippen LogP contribution in [-0.4, -0.2) is 22.2 Å². The molecule has 1 N–H and O–H groups in total. The molecule has 13 heavy (non-hydrogen) atoms. The molecule has 0 saturated carbocycles. The van der Waals surface area contributed by atoms with E-state index in [1.165, 1.54) is 0 Å². The van der Waals surface area contributed by atoms with Crippen molar-refractivity contribution < 1.29 is 4.57 Å². The Bertz CT molecular complexity index is 409. The molecule has 6 nitrogen and oxygen atoms in total. The third-order valence-corrected chi connectivity index (χ3v) is 2.04. The predicted molar refractivity (Wildman–Crippen MR) is 44.4 cm³/mol. The number of nitrogens with zero attached hydrogens (tertiary/aromatic N) is 5. The van der Waals surface area contributed by atoms with Crippen molar-refractivity contribution in [1.29, 1.82) is 0 Å². The Kier molecular flexibility index (Phi) is 1.13. The third-order valence-electron chi connectivity index (χ3n) is 2.04. The molecule has 0 amide bonds. The van der Waals surface area contributed by atoms with Gasteiger partial charge in [0.05, 0.1) is 6.20 Å². The van der Waals surface area contributed by atoms with Crippen LogP contribution in [0, 0.1) is 0 Å². The first-order chi connectivity index (χ1) is 6.45. The molecular weight excluding hydrogens is 168 g/mol. The summed E-state index contributed by atoms with van der Waals surface area (Å²) < 4.78 is 2.05. The second-order valence-electron chi connectivity index (χ2n) is 2.80. The lowest BCUT2D eigenvalue weighted by molar-refractivity contribution is -0.704. The van der Waals surface area contributed by atoms with Crippen molar-refractivity contribution in [3.63, 3.8) is 0 Å². The quantitative estimate of drug-likeness (QED) is 0.506. The highest BCUT2D eigenvalue weighted by atomic mass is 15.6. The summed E-state index contributed by atoms with van der Waals surface area (Å²) in [5.41, 5.74) is 3.97. The van der Waals surface area contributed by atoms with E-state index >= 15 is 0 Å². The fraction of sp³-hybridized carbons (Fsp3) is 0.143. The van der Waals surface area contributed by atoms with Gasteiger partial charge in [0.1, 0.15) is 12.5 Å². The fourth-order valence-electron chi connectivity index (χ4n) is 1.44. The summed E-state index contributed by atoms with van der Waals surface area (Å²) in [6.07, 6.45) is 7.01. The lowest BCUT2D eigenvalue weighted by atomic mass is 10.4. The second kappa shape index (κ2) is 2.25. The number of hydrogen-bond acceptors (Lipinski definition) is 5. The lowest BCUT2D eigenvalue weighted by Crippen LogP contribution is -2.43. The van der Waals surface area contributed by atoms with Crippen LogP contribution < -0.4 is 9.99 Å². The summed E-state index contributed by atoms with van der Waals surface area (Å²) >= 11 is 0. The zero-order chi connectivity index (χ0) is 8.67. The molecule has 0 spiro atoms. The molecule has 2 aliphatic rings. The van der Waals surface area contributed by atoms with Crippen LogP contribution in [0.25, 0.3) is 0 Å². The number of hydrazine groups is 1. The molecule has 0 bridgehead atoms. The number of aromatic nitrogens is 2. The van der Waals surface area contributed by atoms with Crippen LogP contribution in [0.2, 0.25) is 0 Å². The van der Waals surface area contributed by atoms with Gasteiger partial charge in [0.15, 0.2) is 6.20 Å². The first-order valence-electron chi connectivity index (χ1n) is 3.92. The van der Waals surface area contributed by atoms with Gasteiger partial charge in [-0.2, -0.15) is 4.57 Å². The Morgan fingerprint density at radius 1 is 1.54 bits per heavy atom. The minimum atomic E-state index is 0.739. The smallest absolute Gasteiger partial charge is 0.272 e. The molecule has 3 heterocycles. The van der Waals surface area contributed by atoms with Gasteiger partial charge in [0.25, 0.3) is 5.69 Å². The number of fused-ring (bicyclic) bond motifs is 3. The van der Waals surface area contributed by atoms with E-state index in [9.17, 15) is 0 Å². The van der Waals surface area contributed by atoms with Gasteiger partial charge in [-0.25, -0.2) is 5.01 Å². The van der Waals surface area contributed by atoms with E-state index in [2.05, 4.69) is 20.6 Å². The minimum Gasteiger partial charge on any atom is -0.279 e.